The summed E-state index contributed by atoms with van der Waals surface area (Å²) < 4.78 is 0. The largest absolute Gasteiger partial charge is 0.341 e. The minimum Gasteiger partial charge on any atom is -0.341 e. The standard InChI is InChI=1S/C18H21N3OS/c1-12-9-16(20-19-12)13-5-4-8-21(10-13)18(22)15-11-23-17-7-3-2-6-14(15)17/h2-3,6-7,9,13,15H,4-5,8,10-11H2,1H3,(H,19,20). The molecule has 0 spiro atoms. The summed E-state index contributed by atoms with van der Waals surface area (Å²) in [5, 5.41) is 7.42. The first-order chi connectivity index (χ1) is 11.2. The van der Waals surface area contributed by atoms with Crippen molar-refractivity contribution in [3.63, 3.8) is 0 Å². The summed E-state index contributed by atoms with van der Waals surface area (Å²) in [7, 11) is 0. The molecule has 1 N–H and O–H groups in total. The van der Waals surface area contributed by atoms with Crippen LogP contribution < -0.4 is 0 Å². The van der Waals surface area contributed by atoms with Crippen LogP contribution in [0.3, 0.4) is 0 Å². The van der Waals surface area contributed by atoms with Crippen LogP contribution in [0.2, 0.25) is 0 Å². The Kier molecular flexibility index (Phi) is 3.89. The Balaban J connectivity index is 1.51. The minimum absolute atomic E-state index is 0.0240. The predicted molar refractivity (Wildman–Crippen MR) is 91.8 cm³/mol. The molecule has 1 amide bonds. The van der Waals surface area contributed by atoms with Gasteiger partial charge in [0, 0.05) is 35.3 Å². The maximum absolute atomic E-state index is 13.0. The van der Waals surface area contributed by atoms with E-state index in [4.69, 9.17) is 0 Å². The first-order valence-electron chi connectivity index (χ1n) is 8.25. The number of carbonyl (C=O) groups excluding carboxylic acids is 1. The maximum Gasteiger partial charge on any atom is 0.231 e. The summed E-state index contributed by atoms with van der Waals surface area (Å²) in [5.74, 6) is 1.55. The molecule has 5 heteroatoms. The number of likely N-dealkylation sites (tertiary alicyclic amines) is 1. The monoisotopic (exact) mass is 327 g/mol. The highest BCUT2D eigenvalue weighted by molar-refractivity contribution is 7.99. The lowest BCUT2D eigenvalue weighted by Gasteiger charge is -2.33. The van der Waals surface area contributed by atoms with E-state index in [2.05, 4.69) is 39.4 Å². The molecule has 2 aromatic rings. The van der Waals surface area contributed by atoms with Crippen LogP contribution >= 0.6 is 11.8 Å². The van der Waals surface area contributed by atoms with E-state index in [1.54, 1.807) is 11.8 Å². The van der Waals surface area contributed by atoms with Crippen LogP contribution in [-0.4, -0.2) is 39.8 Å². The maximum atomic E-state index is 13.0. The van der Waals surface area contributed by atoms with E-state index in [0.29, 0.717) is 11.8 Å². The number of nitrogens with one attached hydrogen (secondary N) is 1. The lowest BCUT2D eigenvalue weighted by Crippen LogP contribution is -2.41. The molecule has 1 fully saturated rings. The molecular formula is C18H21N3OS. The average Bonchev–Trinajstić information content (AvgIpc) is 3.20. The van der Waals surface area contributed by atoms with E-state index in [1.165, 1.54) is 10.5 Å². The van der Waals surface area contributed by atoms with Crippen molar-refractivity contribution in [1.82, 2.24) is 15.1 Å². The quantitative estimate of drug-likeness (QED) is 0.920. The molecule has 2 aliphatic heterocycles. The fraction of sp³-hybridized carbons (Fsp3) is 0.444. The van der Waals surface area contributed by atoms with Gasteiger partial charge in [-0.3, -0.25) is 9.89 Å². The molecule has 1 saturated heterocycles. The fourth-order valence-corrected chi connectivity index (χ4v) is 4.87. The van der Waals surface area contributed by atoms with Gasteiger partial charge >= 0.3 is 0 Å². The molecular weight excluding hydrogens is 306 g/mol. The number of hydrogen-bond acceptors (Lipinski definition) is 3. The number of carbonyl (C=O) groups is 1. The number of rotatable bonds is 2. The average molecular weight is 327 g/mol. The fourth-order valence-electron chi connectivity index (χ4n) is 3.65. The zero-order valence-corrected chi connectivity index (χ0v) is 14.1. The summed E-state index contributed by atoms with van der Waals surface area (Å²) in [4.78, 5) is 16.4. The Morgan fingerprint density at radius 1 is 1.39 bits per heavy atom. The first-order valence-corrected chi connectivity index (χ1v) is 9.23. The van der Waals surface area contributed by atoms with Crippen molar-refractivity contribution in [3.8, 4) is 0 Å². The summed E-state index contributed by atoms with van der Waals surface area (Å²) in [6, 6.07) is 10.4. The van der Waals surface area contributed by atoms with Crippen molar-refractivity contribution in [2.75, 3.05) is 18.8 Å². The Bertz CT molecular complexity index is 727. The highest BCUT2D eigenvalue weighted by atomic mass is 32.2. The number of hydrogen-bond donors (Lipinski definition) is 1. The van der Waals surface area contributed by atoms with E-state index in [0.717, 1.165) is 43.1 Å². The van der Waals surface area contributed by atoms with Crippen LogP contribution in [-0.2, 0) is 4.79 Å². The van der Waals surface area contributed by atoms with Crippen molar-refractivity contribution in [2.24, 2.45) is 0 Å². The molecule has 1 aromatic carbocycles. The predicted octanol–water partition coefficient (Wildman–Crippen LogP) is 3.31. The number of amides is 1. The minimum atomic E-state index is 0.0240. The van der Waals surface area contributed by atoms with Gasteiger partial charge in [0.05, 0.1) is 11.6 Å². The molecule has 2 unspecified atom stereocenters. The van der Waals surface area contributed by atoms with Gasteiger partial charge in [-0.2, -0.15) is 5.10 Å². The smallest absolute Gasteiger partial charge is 0.231 e. The van der Waals surface area contributed by atoms with Crippen molar-refractivity contribution in [1.29, 1.82) is 0 Å². The number of aromatic nitrogens is 2. The molecule has 0 saturated carbocycles. The van der Waals surface area contributed by atoms with Gasteiger partial charge in [0.2, 0.25) is 5.91 Å². The van der Waals surface area contributed by atoms with Gasteiger partial charge in [0.15, 0.2) is 0 Å². The van der Waals surface area contributed by atoms with E-state index in [9.17, 15) is 4.79 Å². The molecule has 23 heavy (non-hydrogen) atoms. The molecule has 0 aliphatic carbocycles. The summed E-state index contributed by atoms with van der Waals surface area (Å²) in [6.45, 7) is 3.70. The van der Waals surface area contributed by atoms with E-state index >= 15 is 0 Å². The normalized spacial score (nSPS) is 23.8. The van der Waals surface area contributed by atoms with Gasteiger partial charge in [-0.15, -0.1) is 11.8 Å². The number of thioether (sulfide) groups is 1. The summed E-state index contributed by atoms with van der Waals surface area (Å²) in [5.41, 5.74) is 3.39. The highest BCUT2D eigenvalue weighted by Crippen LogP contribution is 2.41. The summed E-state index contributed by atoms with van der Waals surface area (Å²) >= 11 is 1.80. The zero-order valence-electron chi connectivity index (χ0n) is 13.3. The molecule has 1 aromatic heterocycles. The van der Waals surface area contributed by atoms with Crippen LogP contribution in [0, 0.1) is 6.92 Å². The van der Waals surface area contributed by atoms with E-state index < -0.39 is 0 Å². The molecule has 0 bridgehead atoms. The molecule has 4 nitrogen and oxygen atoms in total. The van der Waals surface area contributed by atoms with Crippen molar-refractivity contribution >= 4 is 17.7 Å². The van der Waals surface area contributed by atoms with Crippen LogP contribution in [0.15, 0.2) is 35.2 Å². The second kappa shape index (κ2) is 6.04. The van der Waals surface area contributed by atoms with Crippen LogP contribution in [0.1, 0.15) is 41.6 Å². The third-order valence-corrected chi connectivity index (χ3v) is 6.06. The highest BCUT2D eigenvalue weighted by Gasteiger charge is 2.34. The van der Waals surface area contributed by atoms with Crippen LogP contribution in [0.25, 0.3) is 0 Å². The second-order valence-electron chi connectivity index (χ2n) is 6.50. The molecule has 120 valence electrons. The number of H-pyrrole nitrogens is 1. The van der Waals surface area contributed by atoms with Crippen molar-refractivity contribution < 1.29 is 4.79 Å². The molecule has 2 aliphatic rings. The molecule has 4 rings (SSSR count). The number of aromatic amines is 1. The Morgan fingerprint density at radius 3 is 3.09 bits per heavy atom. The Labute approximate surface area is 140 Å². The zero-order chi connectivity index (χ0) is 15.8. The Hall–Kier alpha value is -1.75. The van der Waals surface area contributed by atoms with Gasteiger partial charge in [-0.25, -0.2) is 0 Å². The molecule has 0 radical (unpaired) electrons. The lowest BCUT2D eigenvalue weighted by atomic mass is 9.92. The van der Waals surface area contributed by atoms with Gasteiger partial charge in [-0.05, 0) is 37.5 Å². The number of piperidine rings is 1. The third kappa shape index (κ3) is 2.78. The van der Waals surface area contributed by atoms with Gasteiger partial charge in [-0.1, -0.05) is 18.2 Å². The number of nitrogens with zero attached hydrogens (tertiary/aromatic N) is 2. The van der Waals surface area contributed by atoms with E-state index in [1.807, 2.05) is 13.0 Å². The number of fused-ring (bicyclic) bond motifs is 1. The SMILES string of the molecule is Cc1cc(C2CCCN(C(=O)C3CSc4ccccc43)C2)n[nH]1. The second-order valence-corrected chi connectivity index (χ2v) is 7.56. The Morgan fingerprint density at radius 2 is 2.26 bits per heavy atom. The molecule has 3 heterocycles. The van der Waals surface area contributed by atoms with Crippen LogP contribution in [0.5, 0.6) is 0 Å². The molecule has 2 atom stereocenters. The van der Waals surface area contributed by atoms with Gasteiger partial charge < -0.3 is 4.90 Å². The number of aryl methyl sites for hydroxylation is 1. The topological polar surface area (TPSA) is 49.0 Å². The van der Waals surface area contributed by atoms with Crippen LogP contribution in [0.4, 0.5) is 0 Å². The summed E-state index contributed by atoms with van der Waals surface area (Å²) in [6.07, 6.45) is 2.17. The number of benzene rings is 1. The first kappa shape index (κ1) is 14.8. The lowest BCUT2D eigenvalue weighted by molar-refractivity contribution is -0.133. The van der Waals surface area contributed by atoms with Gasteiger partial charge in [0.1, 0.15) is 0 Å². The van der Waals surface area contributed by atoms with E-state index in [-0.39, 0.29) is 5.92 Å². The third-order valence-electron chi connectivity index (χ3n) is 4.88. The van der Waals surface area contributed by atoms with Crippen molar-refractivity contribution in [2.45, 2.75) is 36.5 Å². The van der Waals surface area contributed by atoms with Crippen molar-refractivity contribution in [3.05, 3.63) is 47.3 Å². The van der Waals surface area contributed by atoms with Gasteiger partial charge in [0.25, 0.3) is 0 Å².